The van der Waals surface area contributed by atoms with Crippen molar-refractivity contribution in [3.05, 3.63) is 77.9 Å². The molecule has 0 atom stereocenters. The summed E-state index contributed by atoms with van der Waals surface area (Å²) in [6.07, 6.45) is 0. The number of nitrogens with one attached hydrogen (secondary N) is 3. The third kappa shape index (κ3) is 6.00. The molecule has 32 heavy (non-hydrogen) atoms. The van der Waals surface area contributed by atoms with Crippen molar-refractivity contribution >= 4 is 29.0 Å². The predicted octanol–water partition coefficient (Wildman–Crippen LogP) is 4.54. The van der Waals surface area contributed by atoms with Gasteiger partial charge in [0.2, 0.25) is 0 Å². The number of para-hydroxylation sites is 1. The van der Waals surface area contributed by atoms with Crippen LogP contribution in [0.25, 0.3) is 0 Å². The van der Waals surface area contributed by atoms with Crippen LogP contribution >= 0.6 is 0 Å². The zero-order valence-corrected chi connectivity index (χ0v) is 17.6. The Morgan fingerprint density at radius 3 is 2.38 bits per heavy atom. The van der Waals surface area contributed by atoms with Crippen molar-refractivity contribution < 1.29 is 19.1 Å². The van der Waals surface area contributed by atoms with Crippen molar-refractivity contribution in [3.63, 3.8) is 0 Å². The summed E-state index contributed by atoms with van der Waals surface area (Å²) in [6, 6.07) is 20.6. The molecule has 0 saturated heterocycles. The Balaban J connectivity index is 1.60. The quantitative estimate of drug-likeness (QED) is 0.510. The summed E-state index contributed by atoms with van der Waals surface area (Å²) in [5, 5.41) is 17.2. The Morgan fingerprint density at radius 2 is 1.66 bits per heavy atom. The Labute approximate surface area is 185 Å². The summed E-state index contributed by atoms with van der Waals surface area (Å²) in [4.78, 5) is 24.6. The van der Waals surface area contributed by atoms with Crippen molar-refractivity contribution in [1.29, 1.82) is 5.26 Å². The first-order valence-electron chi connectivity index (χ1n) is 9.73. The van der Waals surface area contributed by atoms with Crippen molar-refractivity contribution in [2.45, 2.75) is 6.92 Å². The molecule has 0 heterocycles. The van der Waals surface area contributed by atoms with Crippen LogP contribution in [0.2, 0.25) is 0 Å². The zero-order chi connectivity index (χ0) is 22.9. The van der Waals surface area contributed by atoms with Gasteiger partial charge in [0.15, 0.2) is 18.1 Å². The average molecular weight is 430 g/mol. The van der Waals surface area contributed by atoms with E-state index in [4.69, 9.17) is 14.7 Å². The molecule has 0 bridgehead atoms. The number of carbonyl (C=O) groups is 2. The molecule has 3 aromatic rings. The van der Waals surface area contributed by atoms with E-state index in [2.05, 4.69) is 16.0 Å². The number of hydrogen-bond acceptors (Lipinski definition) is 5. The van der Waals surface area contributed by atoms with E-state index in [1.54, 1.807) is 42.5 Å². The minimum absolute atomic E-state index is 0.256. The van der Waals surface area contributed by atoms with E-state index in [0.717, 1.165) is 5.56 Å². The highest BCUT2D eigenvalue weighted by molar-refractivity contribution is 6.00. The summed E-state index contributed by atoms with van der Waals surface area (Å²) in [5.74, 6) is 0.334. The molecule has 8 heteroatoms. The van der Waals surface area contributed by atoms with Gasteiger partial charge in [-0.05, 0) is 48.9 Å². The number of hydrogen-bond donors (Lipinski definition) is 3. The molecule has 0 spiro atoms. The molecule has 3 rings (SSSR count). The monoisotopic (exact) mass is 430 g/mol. The van der Waals surface area contributed by atoms with Gasteiger partial charge in [0.05, 0.1) is 18.7 Å². The minimum Gasteiger partial charge on any atom is -0.493 e. The number of ether oxygens (including phenoxy) is 2. The van der Waals surface area contributed by atoms with E-state index in [9.17, 15) is 9.59 Å². The Kier molecular flexibility index (Phi) is 7.28. The normalized spacial score (nSPS) is 9.91. The van der Waals surface area contributed by atoms with Crippen LogP contribution in [0, 0.1) is 18.3 Å². The number of nitrogens with zero attached hydrogens (tertiary/aromatic N) is 1. The van der Waals surface area contributed by atoms with E-state index < -0.39 is 6.03 Å². The summed E-state index contributed by atoms with van der Waals surface area (Å²) < 4.78 is 10.7. The second-order valence-corrected chi connectivity index (χ2v) is 6.79. The minimum atomic E-state index is -0.395. The van der Waals surface area contributed by atoms with E-state index in [1.807, 2.05) is 31.2 Å². The fraction of sp³-hybridized carbons (Fsp3) is 0.125. The number of benzene rings is 3. The number of methoxy groups -OCH3 is 1. The van der Waals surface area contributed by atoms with Crippen LogP contribution in [0.3, 0.4) is 0 Å². The molecular formula is C24H22N4O4. The summed E-state index contributed by atoms with van der Waals surface area (Å²) in [6.45, 7) is 1.59. The Morgan fingerprint density at radius 1 is 0.906 bits per heavy atom. The van der Waals surface area contributed by atoms with Gasteiger partial charge in [-0.2, -0.15) is 5.26 Å². The first kappa shape index (κ1) is 22.2. The highest BCUT2D eigenvalue weighted by Gasteiger charge is 2.11. The Bertz CT molecular complexity index is 1160. The average Bonchev–Trinajstić information content (AvgIpc) is 2.80. The fourth-order valence-corrected chi connectivity index (χ4v) is 2.84. The van der Waals surface area contributed by atoms with Gasteiger partial charge in [-0.1, -0.05) is 24.3 Å². The third-order valence-electron chi connectivity index (χ3n) is 4.45. The predicted molar refractivity (Wildman–Crippen MR) is 122 cm³/mol. The van der Waals surface area contributed by atoms with Crippen molar-refractivity contribution in [1.82, 2.24) is 0 Å². The standard InChI is InChI=1S/C24H22N4O4/c1-16-8-10-19(27-24(30)26-18-6-4-3-5-7-18)13-20(16)28-23(29)15-32-21-11-9-17(14-25)12-22(21)31-2/h3-13H,15H2,1-2H3,(H,28,29)(H2,26,27,30). The fourth-order valence-electron chi connectivity index (χ4n) is 2.84. The van der Waals surface area contributed by atoms with E-state index in [0.29, 0.717) is 34.1 Å². The summed E-state index contributed by atoms with van der Waals surface area (Å²) in [7, 11) is 1.46. The first-order chi connectivity index (χ1) is 15.5. The smallest absolute Gasteiger partial charge is 0.323 e. The second-order valence-electron chi connectivity index (χ2n) is 6.79. The second kappa shape index (κ2) is 10.5. The van der Waals surface area contributed by atoms with Gasteiger partial charge in [0.1, 0.15) is 0 Å². The highest BCUT2D eigenvalue weighted by Crippen LogP contribution is 2.28. The molecule has 3 N–H and O–H groups in total. The van der Waals surface area contributed by atoms with E-state index in [1.165, 1.54) is 13.2 Å². The van der Waals surface area contributed by atoms with E-state index in [-0.39, 0.29) is 12.5 Å². The SMILES string of the molecule is COc1cc(C#N)ccc1OCC(=O)Nc1cc(NC(=O)Nc2ccccc2)ccc1C. The van der Waals surface area contributed by atoms with Gasteiger partial charge in [-0.15, -0.1) is 0 Å². The number of nitriles is 1. The molecule has 162 valence electrons. The van der Waals surface area contributed by atoms with E-state index >= 15 is 0 Å². The van der Waals surface area contributed by atoms with Crippen LogP contribution in [0.5, 0.6) is 11.5 Å². The molecule has 0 radical (unpaired) electrons. The maximum absolute atomic E-state index is 12.4. The molecule has 0 aliphatic carbocycles. The lowest BCUT2D eigenvalue weighted by Crippen LogP contribution is -2.22. The van der Waals surface area contributed by atoms with Gasteiger partial charge in [0.25, 0.3) is 5.91 Å². The number of carbonyl (C=O) groups excluding carboxylic acids is 2. The topological polar surface area (TPSA) is 112 Å². The molecule has 0 unspecified atom stereocenters. The molecular weight excluding hydrogens is 408 g/mol. The molecule has 3 aromatic carbocycles. The third-order valence-corrected chi connectivity index (χ3v) is 4.45. The van der Waals surface area contributed by atoms with Crippen molar-refractivity contribution in [2.24, 2.45) is 0 Å². The largest absolute Gasteiger partial charge is 0.493 e. The lowest BCUT2D eigenvalue weighted by molar-refractivity contribution is -0.118. The molecule has 8 nitrogen and oxygen atoms in total. The summed E-state index contributed by atoms with van der Waals surface area (Å²) >= 11 is 0. The number of amides is 3. The zero-order valence-electron chi connectivity index (χ0n) is 17.6. The Hall–Kier alpha value is -4.51. The van der Waals surface area contributed by atoms with Crippen LogP contribution in [0.15, 0.2) is 66.7 Å². The first-order valence-corrected chi connectivity index (χ1v) is 9.73. The number of urea groups is 1. The maximum atomic E-state index is 12.4. The van der Waals surface area contributed by atoms with Crippen LogP contribution in [-0.2, 0) is 4.79 Å². The van der Waals surface area contributed by atoms with Gasteiger partial charge < -0.3 is 25.4 Å². The van der Waals surface area contributed by atoms with Gasteiger partial charge in [-0.3, -0.25) is 4.79 Å². The van der Waals surface area contributed by atoms with Gasteiger partial charge in [0, 0.05) is 23.1 Å². The van der Waals surface area contributed by atoms with Crippen molar-refractivity contribution in [3.8, 4) is 17.6 Å². The van der Waals surface area contributed by atoms with Gasteiger partial charge in [-0.25, -0.2) is 4.79 Å². The molecule has 0 aliphatic heterocycles. The van der Waals surface area contributed by atoms with Crippen LogP contribution in [0.4, 0.5) is 21.9 Å². The number of aryl methyl sites for hydroxylation is 1. The lowest BCUT2D eigenvalue weighted by Gasteiger charge is -2.13. The van der Waals surface area contributed by atoms with Crippen molar-refractivity contribution in [2.75, 3.05) is 29.7 Å². The number of rotatable bonds is 7. The molecule has 0 saturated carbocycles. The molecule has 0 aromatic heterocycles. The highest BCUT2D eigenvalue weighted by atomic mass is 16.5. The number of anilines is 3. The van der Waals surface area contributed by atoms with Crippen LogP contribution in [0.1, 0.15) is 11.1 Å². The van der Waals surface area contributed by atoms with Crippen LogP contribution in [-0.4, -0.2) is 25.7 Å². The molecule has 3 amide bonds. The molecule has 0 fully saturated rings. The van der Waals surface area contributed by atoms with Crippen LogP contribution < -0.4 is 25.4 Å². The summed E-state index contributed by atoms with van der Waals surface area (Å²) in [5.41, 5.74) is 2.98. The molecule has 0 aliphatic rings. The maximum Gasteiger partial charge on any atom is 0.323 e. The van der Waals surface area contributed by atoms with Gasteiger partial charge >= 0.3 is 6.03 Å². The lowest BCUT2D eigenvalue weighted by atomic mass is 10.2.